The van der Waals surface area contributed by atoms with Gasteiger partial charge < -0.3 is 9.42 Å². The van der Waals surface area contributed by atoms with E-state index in [0.717, 1.165) is 30.6 Å². The normalized spacial score (nSPS) is 18.5. The van der Waals surface area contributed by atoms with Gasteiger partial charge in [-0.15, -0.1) is 0 Å². The van der Waals surface area contributed by atoms with Crippen LogP contribution < -0.4 is 0 Å². The predicted octanol–water partition coefficient (Wildman–Crippen LogP) is 3.61. The second kappa shape index (κ2) is 5.29. The SMILES string of the molecule is Cc1cc(C(=O)N2CCC[C@@H]2c2ccc(Cl)cc2)on1. The van der Waals surface area contributed by atoms with E-state index in [1.165, 1.54) is 0 Å². The quantitative estimate of drug-likeness (QED) is 0.849. The Morgan fingerprint density at radius 1 is 1.40 bits per heavy atom. The monoisotopic (exact) mass is 290 g/mol. The lowest BCUT2D eigenvalue weighted by atomic mass is 10.0. The van der Waals surface area contributed by atoms with Crippen molar-refractivity contribution in [2.24, 2.45) is 0 Å². The van der Waals surface area contributed by atoms with Crippen LogP contribution in [0.25, 0.3) is 0 Å². The van der Waals surface area contributed by atoms with Gasteiger partial charge in [-0.3, -0.25) is 4.79 Å². The molecule has 0 radical (unpaired) electrons. The molecule has 1 atom stereocenters. The van der Waals surface area contributed by atoms with Crippen LogP contribution in [0, 0.1) is 6.92 Å². The van der Waals surface area contributed by atoms with Crippen molar-refractivity contribution in [2.45, 2.75) is 25.8 Å². The molecule has 1 aliphatic heterocycles. The number of carbonyl (C=O) groups excluding carboxylic acids is 1. The zero-order valence-corrected chi connectivity index (χ0v) is 11.9. The van der Waals surface area contributed by atoms with Crippen molar-refractivity contribution in [1.29, 1.82) is 0 Å². The Hall–Kier alpha value is -1.81. The lowest BCUT2D eigenvalue weighted by Gasteiger charge is -2.24. The number of nitrogens with zero attached hydrogens (tertiary/aromatic N) is 2. The first-order chi connectivity index (χ1) is 9.65. The number of aryl methyl sites for hydroxylation is 1. The highest BCUT2D eigenvalue weighted by Crippen LogP contribution is 2.33. The molecule has 1 saturated heterocycles. The number of hydrogen-bond donors (Lipinski definition) is 0. The molecule has 0 N–H and O–H groups in total. The van der Waals surface area contributed by atoms with Crippen molar-refractivity contribution in [3.63, 3.8) is 0 Å². The van der Waals surface area contributed by atoms with E-state index in [0.29, 0.717) is 10.8 Å². The third kappa shape index (κ3) is 2.43. The number of halogens is 1. The molecule has 0 aliphatic carbocycles. The molecular formula is C15H15ClN2O2. The second-order valence-electron chi connectivity index (χ2n) is 5.04. The molecule has 5 heteroatoms. The van der Waals surface area contributed by atoms with Crippen molar-refractivity contribution >= 4 is 17.5 Å². The molecule has 1 aliphatic rings. The predicted molar refractivity (Wildman–Crippen MR) is 75.7 cm³/mol. The van der Waals surface area contributed by atoms with Crippen LogP contribution in [0.3, 0.4) is 0 Å². The Morgan fingerprint density at radius 2 is 2.15 bits per heavy atom. The molecule has 1 amide bonds. The Kier molecular flexibility index (Phi) is 3.49. The van der Waals surface area contributed by atoms with Crippen molar-refractivity contribution in [2.75, 3.05) is 6.54 Å². The number of amides is 1. The fraction of sp³-hybridized carbons (Fsp3) is 0.333. The molecule has 0 saturated carbocycles. The van der Waals surface area contributed by atoms with E-state index in [9.17, 15) is 4.79 Å². The third-order valence-corrected chi connectivity index (χ3v) is 3.86. The number of benzene rings is 1. The van der Waals surface area contributed by atoms with Crippen LogP contribution in [0.15, 0.2) is 34.9 Å². The number of carbonyl (C=O) groups is 1. The van der Waals surface area contributed by atoms with E-state index in [1.807, 2.05) is 29.2 Å². The summed E-state index contributed by atoms with van der Waals surface area (Å²) in [6, 6.07) is 9.44. The molecule has 3 rings (SSSR count). The van der Waals surface area contributed by atoms with Crippen LogP contribution >= 0.6 is 11.6 Å². The smallest absolute Gasteiger partial charge is 0.292 e. The Balaban J connectivity index is 1.85. The zero-order chi connectivity index (χ0) is 14.1. The molecule has 1 aromatic heterocycles. The van der Waals surface area contributed by atoms with Gasteiger partial charge >= 0.3 is 0 Å². The van der Waals surface area contributed by atoms with Gasteiger partial charge in [0.2, 0.25) is 5.76 Å². The van der Waals surface area contributed by atoms with Crippen LogP contribution in [0.1, 0.15) is 40.7 Å². The van der Waals surface area contributed by atoms with E-state index in [4.69, 9.17) is 16.1 Å². The van der Waals surface area contributed by atoms with Gasteiger partial charge in [-0.05, 0) is 37.5 Å². The first kappa shape index (κ1) is 13.2. The fourth-order valence-corrected chi connectivity index (χ4v) is 2.77. The summed E-state index contributed by atoms with van der Waals surface area (Å²) in [6.45, 7) is 2.55. The Morgan fingerprint density at radius 3 is 2.80 bits per heavy atom. The minimum atomic E-state index is -0.0944. The Bertz CT molecular complexity index is 621. The summed E-state index contributed by atoms with van der Waals surface area (Å²) < 4.78 is 5.08. The molecule has 4 nitrogen and oxygen atoms in total. The molecule has 2 aromatic rings. The minimum absolute atomic E-state index is 0.0881. The zero-order valence-electron chi connectivity index (χ0n) is 11.2. The van der Waals surface area contributed by atoms with Gasteiger partial charge in [0.1, 0.15) is 0 Å². The molecular weight excluding hydrogens is 276 g/mol. The lowest BCUT2D eigenvalue weighted by Crippen LogP contribution is -2.30. The van der Waals surface area contributed by atoms with Crippen LogP contribution in [0.4, 0.5) is 0 Å². The van der Waals surface area contributed by atoms with Gasteiger partial charge in [-0.25, -0.2) is 0 Å². The maximum atomic E-state index is 12.5. The molecule has 0 spiro atoms. The van der Waals surface area contributed by atoms with Gasteiger partial charge in [0, 0.05) is 17.6 Å². The average Bonchev–Trinajstić information content (AvgIpc) is 3.07. The van der Waals surface area contributed by atoms with Crippen molar-refractivity contribution in [1.82, 2.24) is 10.1 Å². The number of hydrogen-bond acceptors (Lipinski definition) is 3. The van der Waals surface area contributed by atoms with Crippen molar-refractivity contribution < 1.29 is 9.32 Å². The first-order valence-corrected chi connectivity index (χ1v) is 7.03. The first-order valence-electron chi connectivity index (χ1n) is 6.65. The lowest BCUT2D eigenvalue weighted by molar-refractivity contribution is 0.0693. The summed E-state index contributed by atoms with van der Waals surface area (Å²) in [5, 5.41) is 4.48. The van der Waals surface area contributed by atoms with Gasteiger partial charge in [-0.2, -0.15) is 0 Å². The van der Waals surface area contributed by atoms with Crippen molar-refractivity contribution in [3.05, 3.63) is 52.4 Å². The molecule has 104 valence electrons. The summed E-state index contributed by atoms with van der Waals surface area (Å²) in [5.41, 5.74) is 1.83. The number of rotatable bonds is 2. The van der Waals surface area contributed by atoms with Gasteiger partial charge in [-0.1, -0.05) is 28.9 Å². The van der Waals surface area contributed by atoms with E-state index in [2.05, 4.69) is 5.16 Å². The van der Waals surface area contributed by atoms with Crippen LogP contribution in [0.5, 0.6) is 0 Å². The molecule has 0 bridgehead atoms. The average molecular weight is 291 g/mol. The van der Waals surface area contributed by atoms with E-state index in [-0.39, 0.29) is 11.9 Å². The standard InChI is InChI=1S/C15H15ClN2O2/c1-10-9-14(20-17-10)15(19)18-8-2-3-13(18)11-4-6-12(16)7-5-11/h4-7,9,13H,2-3,8H2,1H3/t13-/m1/s1. The summed E-state index contributed by atoms with van der Waals surface area (Å²) in [4.78, 5) is 14.3. The largest absolute Gasteiger partial charge is 0.351 e. The van der Waals surface area contributed by atoms with Crippen LogP contribution in [0.2, 0.25) is 5.02 Å². The summed E-state index contributed by atoms with van der Waals surface area (Å²) in [5.74, 6) is 0.214. The molecule has 1 aromatic carbocycles. The van der Waals surface area contributed by atoms with Crippen LogP contribution in [-0.2, 0) is 0 Å². The number of likely N-dealkylation sites (tertiary alicyclic amines) is 1. The minimum Gasteiger partial charge on any atom is -0.351 e. The maximum absolute atomic E-state index is 12.5. The highest BCUT2D eigenvalue weighted by atomic mass is 35.5. The van der Waals surface area contributed by atoms with E-state index >= 15 is 0 Å². The summed E-state index contributed by atoms with van der Waals surface area (Å²) in [7, 11) is 0. The van der Waals surface area contributed by atoms with Gasteiger partial charge in [0.25, 0.3) is 5.91 Å². The third-order valence-electron chi connectivity index (χ3n) is 3.61. The topological polar surface area (TPSA) is 46.3 Å². The molecule has 0 unspecified atom stereocenters. The van der Waals surface area contributed by atoms with Gasteiger partial charge in [0.05, 0.1) is 11.7 Å². The fourth-order valence-electron chi connectivity index (χ4n) is 2.65. The Labute approximate surface area is 122 Å². The van der Waals surface area contributed by atoms with Gasteiger partial charge in [0.15, 0.2) is 0 Å². The summed E-state index contributed by atoms with van der Waals surface area (Å²) in [6.07, 6.45) is 1.95. The number of aromatic nitrogens is 1. The van der Waals surface area contributed by atoms with E-state index < -0.39 is 0 Å². The highest BCUT2D eigenvalue weighted by Gasteiger charge is 2.32. The summed E-state index contributed by atoms with van der Waals surface area (Å²) >= 11 is 5.91. The molecule has 1 fully saturated rings. The van der Waals surface area contributed by atoms with E-state index in [1.54, 1.807) is 13.0 Å². The van der Waals surface area contributed by atoms with Crippen molar-refractivity contribution in [3.8, 4) is 0 Å². The molecule has 20 heavy (non-hydrogen) atoms. The molecule has 2 heterocycles. The maximum Gasteiger partial charge on any atom is 0.292 e. The van der Waals surface area contributed by atoms with Crippen LogP contribution in [-0.4, -0.2) is 22.5 Å². The highest BCUT2D eigenvalue weighted by molar-refractivity contribution is 6.30. The second-order valence-corrected chi connectivity index (χ2v) is 5.48.